The smallest absolute Gasteiger partial charge is 0.497 e. The minimum Gasteiger partial charge on any atom is -1.00 e. The zero-order valence-electron chi connectivity index (χ0n) is 12.7. The van der Waals surface area contributed by atoms with Crippen molar-refractivity contribution in [3.05, 3.63) is 48.8 Å². The Bertz CT molecular complexity index is 592. The van der Waals surface area contributed by atoms with Crippen molar-refractivity contribution in [2.75, 3.05) is 33.1 Å². The van der Waals surface area contributed by atoms with Crippen LogP contribution in [-0.2, 0) is 0 Å². The maximum atomic E-state index is 11.8. The first-order valence-corrected chi connectivity index (χ1v) is 6.50. The van der Waals surface area contributed by atoms with E-state index in [-0.39, 0.29) is 18.4 Å². The SMILES string of the molecule is CN(C)C(=O)[n+]1ccc(-c2ccc(N(C)C)cc2)cc1.[Cl-]. The number of halogens is 1. The topological polar surface area (TPSA) is 27.4 Å². The predicted molar refractivity (Wildman–Crippen MR) is 80.9 cm³/mol. The third kappa shape index (κ3) is 3.95. The van der Waals surface area contributed by atoms with E-state index in [0.29, 0.717) is 0 Å². The fourth-order valence-corrected chi connectivity index (χ4v) is 1.93. The van der Waals surface area contributed by atoms with Crippen molar-refractivity contribution in [1.82, 2.24) is 4.90 Å². The lowest BCUT2D eigenvalue weighted by atomic mass is 10.1. The number of carbonyl (C=O) groups excluding carboxylic acids is 1. The molecule has 1 aromatic carbocycles. The molecule has 112 valence electrons. The molecule has 0 fully saturated rings. The maximum absolute atomic E-state index is 11.8. The highest BCUT2D eigenvalue weighted by atomic mass is 35.5. The molecule has 0 radical (unpaired) electrons. The molecule has 0 spiro atoms. The van der Waals surface area contributed by atoms with Crippen LogP contribution in [0.5, 0.6) is 0 Å². The summed E-state index contributed by atoms with van der Waals surface area (Å²) in [6.45, 7) is 0. The molecule has 0 unspecified atom stereocenters. The summed E-state index contributed by atoms with van der Waals surface area (Å²) in [7, 11) is 7.52. The van der Waals surface area contributed by atoms with Gasteiger partial charge in [-0.3, -0.25) is 0 Å². The second-order valence-electron chi connectivity index (χ2n) is 5.11. The maximum Gasteiger partial charge on any atom is 0.497 e. The Labute approximate surface area is 132 Å². The first-order chi connectivity index (χ1) is 9.49. The molecule has 2 rings (SSSR count). The van der Waals surface area contributed by atoms with Gasteiger partial charge in [0.2, 0.25) is 0 Å². The summed E-state index contributed by atoms with van der Waals surface area (Å²) in [5, 5.41) is 0. The lowest BCUT2D eigenvalue weighted by molar-refractivity contribution is -0.577. The summed E-state index contributed by atoms with van der Waals surface area (Å²) in [5.74, 6) is 0. The van der Waals surface area contributed by atoms with Crippen LogP contribution in [0.4, 0.5) is 10.5 Å². The highest BCUT2D eigenvalue weighted by Crippen LogP contribution is 2.21. The Hall–Kier alpha value is -2.07. The Balaban J connectivity index is 0.00000220. The molecule has 0 saturated carbocycles. The van der Waals surface area contributed by atoms with E-state index in [1.807, 2.05) is 26.2 Å². The molecule has 0 aliphatic carbocycles. The molecule has 4 nitrogen and oxygen atoms in total. The Kier molecular flexibility index (Phi) is 5.73. The van der Waals surface area contributed by atoms with Gasteiger partial charge in [0.05, 0.1) is 26.5 Å². The van der Waals surface area contributed by atoms with E-state index in [1.54, 1.807) is 36.0 Å². The van der Waals surface area contributed by atoms with Crippen LogP contribution in [-0.4, -0.2) is 39.1 Å². The standard InChI is InChI=1S/C16H20N3O.ClH/c1-17(2)15-7-5-13(6-8-15)14-9-11-19(12-10-14)16(20)18(3)4;/h5-12H,1-4H3;1H/q+1;/p-1. The second kappa shape index (κ2) is 7.09. The number of carbonyl (C=O) groups is 1. The molecule has 5 heteroatoms. The van der Waals surface area contributed by atoms with Crippen molar-refractivity contribution in [3.63, 3.8) is 0 Å². The highest BCUT2D eigenvalue weighted by molar-refractivity contribution is 5.67. The molecule has 0 bridgehead atoms. The van der Waals surface area contributed by atoms with Crippen molar-refractivity contribution in [3.8, 4) is 11.1 Å². The molecular formula is C16H20ClN3O. The molecule has 1 aromatic heterocycles. The third-order valence-corrected chi connectivity index (χ3v) is 3.15. The number of hydrogen-bond acceptors (Lipinski definition) is 2. The van der Waals surface area contributed by atoms with Crippen LogP contribution >= 0.6 is 0 Å². The summed E-state index contributed by atoms with van der Waals surface area (Å²) in [6, 6.07) is 12.2. The number of benzene rings is 1. The molecule has 2 aromatic rings. The number of amides is 1. The lowest BCUT2D eigenvalue weighted by Gasteiger charge is -2.12. The van der Waals surface area contributed by atoms with Gasteiger partial charge in [0.25, 0.3) is 0 Å². The van der Waals surface area contributed by atoms with Gasteiger partial charge in [0.1, 0.15) is 0 Å². The summed E-state index contributed by atoms with van der Waals surface area (Å²) >= 11 is 0. The average Bonchev–Trinajstić information content (AvgIpc) is 2.46. The first-order valence-electron chi connectivity index (χ1n) is 6.50. The zero-order valence-corrected chi connectivity index (χ0v) is 13.5. The van der Waals surface area contributed by atoms with Crippen molar-refractivity contribution in [2.45, 2.75) is 0 Å². The van der Waals surface area contributed by atoms with E-state index in [4.69, 9.17) is 0 Å². The molecule has 0 saturated heterocycles. The van der Waals surface area contributed by atoms with Crippen LogP contribution in [0.25, 0.3) is 11.1 Å². The molecule has 1 amide bonds. The van der Waals surface area contributed by atoms with E-state index in [1.165, 1.54) is 5.69 Å². The number of nitrogens with zero attached hydrogens (tertiary/aromatic N) is 3. The Morgan fingerprint density at radius 2 is 1.33 bits per heavy atom. The van der Waals surface area contributed by atoms with Gasteiger partial charge in [-0.2, -0.15) is 9.36 Å². The Morgan fingerprint density at radius 3 is 1.76 bits per heavy atom. The quantitative estimate of drug-likeness (QED) is 0.682. The minimum absolute atomic E-state index is 0. The molecule has 0 aliphatic heterocycles. The number of aromatic nitrogens is 1. The van der Waals surface area contributed by atoms with E-state index in [0.717, 1.165) is 11.1 Å². The molecule has 0 atom stereocenters. The van der Waals surface area contributed by atoms with Gasteiger partial charge in [0.15, 0.2) is 0 Å². The monoisotopic (exact) mass is 305 g/mol. The minimum atomic E-state index is -0.0560. The van der Waals surface area contributed by atoms with Crippen molar-refractivity contribution in [2.24, 2.45) is 0 Å². The second-order valence-corrected chi connectivity index (χ2v) is 5.11. The van der Waals surface area contributed by atoms with Crippen molar-refractivity contribution in [1.29, 1.82) is 0 Å². The number of pyridine rings is 1. The third-order valence-electron chi connectivity index (χ3n) is 3.15. The van der Waals surface area contributed by atoms with Crippen LogP contribution in [0.1, 0.15) is 0 Å². The van der Waals surface area contributed by atoms with Crippen LogP contribution in [0.15, 0.2) is 48.8 Å². The van der Waals surface area contributed by atoms with Crippen LogP contribution in [0, 0.1) is 0 Å². The van der Waals surface area contributed by atoms with Gasteiger partial charge in [-0.1, -0.05) is 12.1 Å². The fourth-order valence-electron chi connectivity index (χ4n) is 1.93. The molecule has 0 N–H and O–H groups in total. The van der Waals surface area contributed by atoms with E-state index >= 15 is 0 Å². The van der Waals surface area contributed by atoms with Crippen molar-refractivity contribution < 1.29 is 21.8 Å². The van der Waals surface area contributed by atoms with Gasteiger partial charge < -0.3 is 17.3 Å². The van der Waals surface area contributed by atoms with Crippen LogP contribution < -0.4 is 21.9 Å². The molecule has 1 heterocycles. The van der Waals surface area contributed by atoms with E-state index < -0.39 is 0 Å². The van der Waals surface area contributed by atoms with E-state index in [9.17, 15) is 4.79 Å². The number of rotatable bonds is 2. The fraction of sp³-hybridized carbons (Fsp3) is 0.250. The summed E-state index contributed by atoms with van der Waals surface area (Å²) in [6.07, 6.45) is 3.58. The summed E-state index contributed by atoms with van der Waals surface area (Å²) in [5.41, 5.74) is 3.40. The summed E-state index contributed by atoms with van der Waals surface area (Å²) < 4.78 is 1.57. The highest BCUT2D eigenvalue weighted by Gasteiger charge is 2.15. The van der Waals surface area contributed by atoms with Gasteiger partial charge >= 0.3 is 6.03 Å². The van der Waals surface area contributed by atoms with Crippen molar-refractivity contribution >= 4 is 11.7 Å². The number of anilines is 1. The molecule has 0 aliphatic rings. The summed E-state index contributed by atoms with van der Waals surface area (Å²) in [4.78, 5) is 15.4. The lowest BCUT2D eigenvalue weighted by Crippen LogP contribution is -3.00. The average molecular weight is 306 g/mol. The number of hydrogen-bond donors (Lipinski definition) is 0. The largest absolute Gasteiger partial charge is 1.00 e. The van der Waals surface area contributed by atoms with Gasteiger partial charge in [-0.05, 0) is 35.4 Å². The predicted octanol–water partition coefficient (Wildman–Crippen LogP) is -0.759. The Morgan fingerprint density at radius 1 is 0.857 bits per heavy atom. The molecular weight excluding hydrogens is 286 g/mol. The van der Waals surface area contributed by atoms with Gasteiger partial charge in [-0.25, -0.2) is 4.90 Å². The van der Waals surface area contributed by atoms with Gasteiger partial charge in [-0.15, -0.1) is 0 Å². The van der Waals surface area contributed by atoms with Gasteiger partial charge in [0, 0.05) is 19.8 Å². The first kappa shape index (κ1) is 17.0. The van der Waals surface area contributed by atoms with E-state index in [2.05, 4.69) is 29.2 Å². The zero-order chi connectivity index (χ0) is 14.7. The molecule has 21 heavy (non-hydrogen) atoms. The van der Waals surface area contributed by atoms with Crippen LogP contribution in [0.3, 0.4) is 0 Å². The normalized spacial score (nSPS) is 9.71. The van der Waals surface area contributed by atoms with Crippen LogP contribution in [0.2, 0.25) is 0 Å².